The van der Waals surface area contributed by atoms with Gasteiger partial charge in [0, 0.05) is 31.6 Å². The Hall–Kier alpha value is -3.74. The fraction of sp³-hybridized carbons (Fsp3) is 0.250. The molecule has 0 radical (unpaired) electrons. The third-order valence-corrected chi connectivity index (χ3v) is 4.93. The van der Waals surface area contributed by atoms with Gasteiger partial charge in [0.2, 0.25) is 17.6 Å². The number of ether oxygens (including phenoxy) is 1. The molecule has 0 saturated heterocycles. The molecule has 0 fully saturated rings. The van der Waals surface area contributed by atoms with Crippen LogP contribution in [0.2, 0.25) is 0 Å². The molecule has 0 saturated carbocycles. The van der Waals surface area contributed by atoms with E-state index in [2.05, 4.69) is 5.32 Å². The third kappa shape index (κ3) is 5.25. The molecule has 1 unspecified atom stereocenters. The van der Waals surface area contributed by atoms with Crippen molar-refractivity contribution in [2.24, 2.45) is 0 Å². The molecule has 31 heavy (non-hydrogen) atoms. The Morgan fingerprint density at radius 1 is 1.06 bits per heavy atom. The minimum Gasteiger partial charge on any atom is -0.450 e. The lowest BCUT2D eigenvalue weighted by atomic mass is 10.0. The first kappa shape index (κ1) is 22.0. The van der Waals surface area contributed by atoms with Gasteiger partial charge in [-0.25, -0.2) is 4.79 Å². The van der Waals surface area contributed by atoms with Gasteiger partial charge >= 0.3 is 5.97 Å². The molecule has 1 atom stereocenters. The molecule has 0 aliphatic carbocycles. The standard InChI is InChI=1S/C24H24N2O5/c1-15(23(29)20-9-10-22-19(14-20)11-12-26(22)17(3)28)31-24(30)21(25-16(2)27)13-18-7-5-4-6-8-18/h4-10,13-15H,11-12H2,1-3H3,(H,25,27)/b21-13-. The van der Waals surface area contributed by atoms with Gasteiger partial charge in [-0.2, -0.15) is 0 Å². The van der Waals surface area contributed by atoms with Crippen LogP contribution in [0.5, 0.6) is 0 Å². The number of hydrogen-bond acceptors (Lipinski definition) is 5. The first-order chi connectivity index (χ1) is 14.8. The summed E-state index contributed by atoms with van der Waals surface area (Å²) < 4.78 is 5.34. The summed E-state index contributed by atoms with van der Waals surface area (Å²) >= 11 is 0. The second-order valence-corrected chi connectivity index (χ2v) is 7.33. The lowest BCUT2D eigenvalue weighted by Gasteiger charge is -2.16. The number of carbonyl (C=O) groups excluding carboxylic acids is 4. The van der Waals surface area contributed by atoms with Gasteiger partial charge in [0.1, 0.15) is 5.70 Å². The molecule has 2 aromatic rings. The van der Waals surface area contributed by atoms with E-state index in [-0.39, 0.29) is 17.4 Å². The zero-order chi connectivity index (χ0) is 22.5. The van der Waals surface area contributed by atoms with Gasteiger partial charge in [0.05, 0.1) is 0 Å². The van der Waals surface area contributed by atoms with Gasteiger partial charge in [-0.15, -0.1) is 0 Å². The average Bonchev–Trinajstić information content (AvgIpc) is 3.16. The summed E-state index contributed by atoms with van der Waals surface area (Å²) in [4.78, 5) is 50.3. The van der Waals surface area contributed by atoms with Crippen LogP contribution >= 0.6 is 0 Å². The molecule has 2 amide bonds. The fourth-order valence-electron chi connectivity index (χ4n) is 3.45. The maximum atomic E-state index is 12.8. The normalized spacial score (nSPS) is 13.9. The maximum absolute atomic E-state index is 12.8. The number of rotatable bonds is 6. The van der Waals surface area contributed by atoms with Crippen molar-refractivity contribution < 1.29 is 23.9 Å². The minimum atomic E-state index is -1.05. The Bertz CT molecular complexity index is 1060. The van der Waals surface area contributed by atoms with Crippen molar-refractivity contribution in [1.82, 2.24) is 5.32 Å². The SMILES string of the molecule is CC(=O)N/C(=C\c1ccccc1)C(=O)OC(C)C(=O)c1ccc2c(c1)CCN2C(C)=O. The molecule has 0 bridgehead atoms. The van der Waals surface area contributed by atoms with E-state index in [1.807, 2.05) is 6.07 Å². The van der Waals surface area contributed by atoms with E-state index in [1.54, 1.807) is 47.4 Å². The number of Topliss-reactive ketones (excluding diaryl/α,β-unsaturated/α-hetero) is 1. The number of carbonyl (C=O) groups is 4. The molecule has 1 N–H and O–H groups in total. The van der Waals surface area contributed by atoms with Crippen molar-refractivity contribution in [3.05, 3.63) is 70.9 Å². The Kier molecular flexibility index (Phi) is 6.65. The van der Waals surface area contributed by atoms with E-state index in [0.717, 1.165) is 11.3 Å². The average molecular weight is 420 g/mol. The summed E-state index contributed by atoms with van der Waals surface area (Å²) in [7, 11) is 0. The van der Waals surface area contributed by atoms with Gasteiger partial charge in [0.25, 0.3) is 0 Å². The minimum absolute atomic E-state index is 0.0455. The Morgan fingerprint density at radius 3 is 2.42 bits per heavy atom. The van der Waals surface area contributed by atoms with Crippen LogP contribution in [0.3, 0.4) is 0 Å². The van der Waals surface area contributed by atoms with Gasteiger partial charge < -0.3 is 15.0 Å². The van der Waals surface area contributed by atoms with Crippen molar-refractivity contribution in [3.63, 3.8) is 0 Å². The van der Waals surface area contributed by atoms with Crippen LogP contribution in [0.4, 0.5) is 5.69 Å². The molecular formula is C24H24N2O5. The Balaban J connectivity index is 1.75. The highest BCUT2D eigenvalue weighted by Crippen LogP contribution is 2.29. The van der Waals surface area contributed by atoms with E-state index in [4.69, 9.17) is 4.74 Å². The van der Waals surface area contributed by atoms with Gasteiger partial charge in [-0.05, 0) is 48.7 Å². The molecule has 160 valence electrons. The van der Waals surface area contributed by atoms with Crippen LogP contribution in [-0.4, -0.2) is 36.2 Å². The fourth-order valence-corrected chi connectivity index (χ4v) is 3.45. The van der Waals surface area contributed by atoms with Gasteiger partial charge in [-0.3, -0.25) is 14.4 Å². The summed E-state index contributed by atoms with van der Waals surface area (Å²) in [5, 5.41) is 2.46. The zero-order valence-electron chi connectivity index (χ0n) is 17.7. The predicted molar refractivity (Wildman–Crippen MR) is 116 cm³/mol. The molecule has 1 aliphatic heterocycles. The smallest absolute Gasteiger partial charge is 0.355 e. The molecule has 1 heterocycles. The quantitative estimate of drug-likeness (QED) is 0.441. The molecular weight excluding hydrogens is 396 g/mol. The summed E-state index contributed by atoms with van der Waals surface area (Å²) in [5.41, 5.74) is 2.76. The van der Waals surface area contributed by atoms with Crippen molar-refractivity contribution in [1.29, 1.82) is 0 Å². The molecule has 0 spiro atoms. The maximum Gasteiger partial charge on any atom is 0.355 e. The number of hydrogen-bond donors (Lipinski definition) is 1. The number of amides is 2. The van der Waals surface area contributed by atoms with Crippen LogP contribution in [0.15, 0.2) is 54.2 Å². The molecule has 0 aromatic heterocycles. The second-order valence-electron chi connectivity index (χ2n) is 7.33. The summed E-state index contributed by atoms with van der Waals surface area (Å²) in [6, 6.07) is 14.1. The third-order valence-electron chi connectivity index (χ3n) is 4.93. The molecule has 7 nitrogen and oxygen atoms in total. The van der Waals surface area contributed by atoms with Crippen LogP contribution in [0.25, 0.3) is 6.08 Å². The largest absolute Gasteiger partial charge is 0.450 e. The van der Waals surface area contributed by atoms with Crippen LogP contribution < -0.4 is 10.2 Å². The number of anilines is 1. The molecule has 2 aromatic carbocycles. The number of ketones is 1. The lowest BCUT2D eigenvalue weighted by molar-refractivity contribution is -0.142. The number of fused-ring (bicyclic) bond motifs is 1. The highest BCUT2D eigenvalue weighted by molar-refractivity contribution is 6.04. The highest BCUT2D eigenvalue weighted by Gasteiger charge is 2.26. The monoisotopic (exact) mass is 420 g/mol. The Labute approximate surface area is 180 Å². The number of nitrogens with zero attached hydrogens (tertiary/aromatic N) is 1. The van der Waals surface area contributed by atoms with Crippen LogP contribution in [0.1, 0.15) is 42.3 Å². The first-order valence-corrected chi connectivity index (χ1v) is 9.97. The van der Waals surface area contributed by atoms with E-state index < -0.39 is 18.0 Å². The topological polar surface area (TPSA) is 92.8 Å². The molecule has 7 heteroatoms. The molecule has 3 rings (SSSR count). The van der Waals surface area contributed by atoms with Crippen LogP contribution in [-0.2, 0) is 25.5 Å². The summed E-state index contributed by atoms with van der Waals surface area (Å²) in [6.45, 7) is 4.86. The van der Waals surface area contributed by atoms with Gasteiger partial charge in [0.15, 0.2) is 6.10 Å². The van der Waals surface area contributed by atoms with Gasteiger partial charge in [-0.1, -0.05) is 30.3 Å². The van der Waals surface area contributed by atoms with E-state index in [0.29, 0.717) is 24.1 Å². The van der Waals surface area contributed by atoms with E-state index >= 15 is 0 Å². The molecule has 1 aliphatic rings. The van der Waals surface area contributed by atoms with Crippen molar-refractivity contribution in [2.45, 2.75) is 33.3 Å². The predicted octanol–water partition coefficient (Wildman–Crippen LogP) is 2.89. The van der Waals surface area contributed by atoms with E-state index in [1.165, 1.54) is 26.8 Å². The lowest BCUT2D eigenvalue weighted by Crippen LogP contribution is -2.31. The zero-order valence-corrected chi connectivity index (χ0v) is 17.7. The summed E-state index contributed by atoms with van der Waals surface area (Å²) in [5.74, 6) is -1.63. The Morgan fingerprint density at radius 2 is 1.77 bits per heavy atom. The second kappa shape index (κ2) is 9.38. The van der Waals surface area contributed by atoms with Crippen molar-refractivity contribution in [2.75, 3.05) is 11.4 Å². The number of esters is 1. The number of benzene rings is 2. The van der Waals surface area contributed by atoms with Crippen LogP contribution in [0, 0.1) is 0 Å². The number of nitrogens with one attached hydrogen (secondary N) is 1. The van der Waals surface area contributed by atoms with E-state index in [9.17, 15) is 19.2 Å². The first-order valence-electron chi connectivity index (χ1n) is 9.97. The van der Waals surface area contributed by atoms with Crippen molar-refractivity contribution >= 4 is 35.3 Å². The summed E-state index contributed by atoms with van der Waals surface area (Å²) in [6.07, 6.45) is 1.10. The van der Waals surface area contributed by atoms with Crippen molar-refractivity contribution in [3.8, 4) is 0 Å². The highest BCUT2D eigenvalue weighted by atomic mass is 16.5.